The number of halogens is 1. The molecule has 0 amide bonds. The maximum Gasteiger partial charge on any atom is 0.199 e. The summed E-state index contributed by atoms with van der Waals surface area (Å²) in [6, 6.07) is 7.73. The summed E-state index contributed by atoms with van der Waals surface area (Å²) < 4.78 is 4.66. The van der Waals surface area contributed by atoms with Crippen LogP contribution in [0.5, 0.6) is 0 Å². The molecule has 0 unspecified atom stereocenters. The fourth-order valence-electron chi connectivity index (χ4n) is 2.90. The van der Waals surface area contributed by atoms with Crippen LogP contribution in [-0.4, -0.2) is 32.3 Å². The maximum atomic E-state index is 5.96. The second kappa shape index (κ2) is 6.94. The number of benzene rings is 1. The van der Waals surface area contributed by atoms with Gasteiger partial charge in [0, 0.05) is 17.6 Å². The van der Waals surface area contributed by atoms with Gasteiger partial charge in [0.15, 0.2) is 10.6 Å². The fraction of sp³-hybridized carbons (Fsp3) is 0.500. The van der Waals surface area contributed by atoms with Gasteiger partial charge >= 0.3 is 0 Å². The molecule has 0 aliphatic carbocycles. The molecular weight excluding hydrogens is 316 g/mol. The molecule has 0 N–H and O–H groups in total. The smallest absolute Gasteiger partial charge is 0.199 e. The molecular formula is C16H21ClN4S. The number of rotatable bonds is 3. The highest BCUT2D eigenvalue weighted by atomic mass is 35.5. The first-order chi connectivity index (χ1) is 10.6. The van der Waals surface area contributed by atoms with E-state index in [4.69, 9.17) is 28.9 Å². The van der Waals surface area contributed by atoms with Gasteiger partial charge in [0.2, 0.25) is 0 Å². The van der Waals surface area contributed by atoms with E-state index in [2.05, 4.69) is 4.90 Å². The molecule has 2 heterocycles. The van der Waals surface area contributed by atoms with E-state index in [9.17, 15) is 0 Å². The van der Waals surface area contributed by atoms with E-state index in [1.54, 1.807) is 0 Å². The zero-order valence-corrected chi connectivity index (χ0v) is 14.4. The molecule has 22 heavy (non-hydrogen) atoms. The van der Waals surface area contributed by atoms with Crippen molar-refractivity contribution in [2.24, 2.45) is 7.05 Å². The van der Waals surface area contributed by atoms with Crippen molar-refractivity contribution in [3.8, 4) is 11.4 Å². The predicted molar refractivity (Wildman–Crippen MR) is 92.5 cm³/mol. The number of hydrogen-bond acceptors (Lipinski definition) is 3. The molecule has 0 bridgehead atoms. The van der Waals surface area contributed by atoms with Gasteiger partial charge in [-0.3, -0.25) is 4.90 Å². The van der Waals surface area contributed by atoms with Gasteiger partial charge < -0.3 is 4.57 Å². The second-order valence-corrected chi connectivity index (χ2v) is 6.65. The maximum absolute atomic E-state index is 5.96. The normalized spacial score (nSPS) is 16.6. The van der Waals surface area contributed by atoms with Crippen molar-refractivity contribution in [1.29, 1.82) is 0 Å². The number of hydrogen-bond donors (Lipinski definition) is 0. The van der Waals surface area contributed by atoms with Gasteiger partial charge in [-0.15, -0.1) is 0 Å². The molecule has 1 aromatic heterocycles. The highest BCUT2D eigenvalue weighted by molar-refractivity contribution is 7.71. The van der Waals surface area contributed by atoms with Crippen LogP contribution in [0.2, 0.25) is 5.02 Å². The molecule has 0 saturated carbocycles. The van der Waals surface area contributed by atoms with Crippen LogP contribution in [0.15, 0.2) is 24.3 Å². The van der Waals surface area contributed by atoms with Crippen LogP contribution in [0.25, 0.3) is 11.4 Å². The van der Waals surface area contributed by atoms with E-state index in [0.717, 1.165) is 40.9 Å². The Bertz CT molecular complexity index is 681. The lowest BCUT2D eigenvalue weighted by Crippen LogP contribution is -2.28. The molecule has 2 aromatic rings. The van der Waals surface area contributed by atoms with Crippen molar-refractivity contribution >= 4 is 23.8 Å². The Kier molecular flexibility index (Phi) is 4.96. The summed E-state index contributed by atoms with van der Waals surface area (Å²) in [7, 11) is 1.97. The second-order valence-electron chi connectivity index (χ2n) is 5.85. The van der Waals surface area contributed by atoms with Crippen LogP contribution < -0.4 is 0 Å². The average molecular weight is 337 g/mol. The van der Waals surface area contributed by atoms with E-state index in [0.29, 0.717) is 0 Å². The molecule has 3 rings (SSSR count). The van der Waals surface area contributed by atoms with Crippen molar-refractivity contribution in [3.63, 3.8) is 0 Å². The van der Waals surface area contributed by atoms with Crippen molar-refractivity contribution in [2.75, 3.05) is 13.1 Å². The van der Waals surface area contributed by atoms with Gasteiger partial charge in [-0.2, -0.15) is 5.10 Å². The van der Waals surface area contributed by atoms with Crippen LogP contribution >= 0.6 is 23.8 Å². The third-order valence-corrected chi connectivity index (χ3v) is 4.91. The van der Waals surface area contributed by atoms with Gasteiger partial charge in [0.25, 0.3) is 0 Å². The Balaban J connectivity index is 1.85. The van der Waals surface area contributed by atoms with Crippen LogP contribution in [0.3, 0.4) is 0 Å². The molecule has 1 aromatic carbocycles. The van der Waals surface area contributed by atoms with Crippen LogP contribution in [0.1, 0.15) is 25.7 Å². The molecule has 4 nitrogen and oxygen atoms in total. The van der Waals surface area contributed by atoms with Crippen LogP contribution in [-0.2, 0) is 13.7 Å². The molecule has 0 radical (unpaired) electrons. The largest absolute Gasteiger partial charge is 0.303 e. The van der Waals surface area contributed by atoms with Gasteiger partial charge in [-0.25, -0.2) is 4.68 Å². The summed E-state index contributed by atoms with van der Waals surface area (Å²) in [5.74, 6) is 0.886. The topological polar surface area (TPSA) is 26.0 Å². The predicted octanol–water partition coefficient (Wildman–Crippen LogP) is 4.10. The Morgan fingerprint density at radius 1 is 1.09 bits per heavy atom. The lowest BCUT2D eigenvalue weighted by molar-refractivity contribution is 0.213. The number of nitrogens with zero attached hydrogens (tertiary/aromatic N) is 4. The zero-order valence-electron chi connectivity index (χ0n) is 12.8. The highest BCUT2D eigenvalue weighted by Gasteiger charge is 2.14. The summed E-state index contributed by atoms with van der Waals surface area (Å²) in [5, 5.41) is 5.46. The summed E-state index contributed by atoms with van der Waals surface area (Å²) in [5.41, 5.74) is 1.03. The molecule has 118 valence electrons. The third kappa shape index (κ3) is 3.42. The summed E-state index contributed by atoms with van der Waals surface area (Å²) in [6.45, 7) is 3.05. The van der Waals surface area contributed by atoms with Crippen LogP contribution in [0.4, 0.5) is 0 Å². The van der Waals surface area contributed by atoms with Crippen molar-refractivity contribution < 1.29 is 0 Å². The standard InChI is InChI=1S/C16H21ClN4S/c1-19-15(13-6-8-14(17)9-7-13)18-21(16(19)22)12-20-10-4-2-3-5-11-20/h6-9H,2-5,10-12H2,1H3. The third-order valence-electron chi connectivity index (χ3n) is 4.18. The highest BCUT2D eigenvalue weighted by Crippen LogP contribution is 2.20. The summed E-state index contributed by atoms with van der Waals surface area (Å²) >= 11 is 11.5. The zero-order chi connectivity index (χ0) is 15.5. The quantitative estimate of drug-likeness (QED) is 0.789. The minimum Gasteiger partial charge on any atom is -0.303 e. The van der Waals surface area contributed by atoms with E-state index < -0.39 is 0 Å². The monoisotopic (exact) mass is 336 g/mol. The minimum atomic E-state index is 0.731. The average Bonchev–Trinajstić information content (AvgIpc) is 2.72. The van der Waals surface area contributed by atoms with Gasteiger partial charge in [0.05, 0.1) is 6.67 Å². The van der Waals surface area contributed by atoms with Crippen LogP contribution in [0, 0.1) is 4.77 Å². The minimum absolute atomic E-state index is 0.731. The number of likely N-dealkylation sites (tertiary alicyclic amines) is 1. The summed E-state index contributed by atoms with van der Waals surface area (Å²) in [4.78, 5) is 2.45. The molecule has 6 heteroatoms. The van der Waals surface area contributed by atoms with E-state index in [-0.39, 0.29) is 0 Å². The molecule has 0 spiro atoms. The van der Waals surface area contributed by atoms with Gasteiger partial charge in [-0.1, -0.05) is 24.4 Å². The van der Waals surface area contributed by atoms with Crippen molar-refractivity contribution in [1.82, 2.24) is 19.2 Å². The first-order valence-corrected chi connectivity index (χ1v) is 8.56. The SMILES string of the molecule is Cn1c(-c2ccc(Cl)cc2)nn(CN2CCCCCC2)c1=S. The van der Waals surface area contributed by atoms with Gasteiger partial charge in [-0.05, 0) is 62.4 Å². The molecule has 1 aliphatic rings. The Morgan fingerprint density at radius 2 is 1.73 bits per heavy atom. The molecule has 1 fully saturated rings. The first kappa shape index (κ1) is 15.7. The Labute approximate surface area is 141 Å². The lowest BCUT2D eigenvalue weighted by Gasteiger charge is -2.19. The fourth-order valence-corrected chi connectivity index (χ4v) is 3.21. The number of aromatic nitrogens is 3. The van der Waals surface area contributed by atoms with E-state index >= 15 is 0 Å². The van der Waals surface area contributed by atoms with Crippen molar-refractivity contribution in [3.05, 3.63) is 34.1 Å². The molecule has 0 atom stereocenters. The molecule has 1 saturated heterocycles. The van der Waals surface area contributed by atoms with Gasteiger partial charge in [0.1, 0.15) is 0 Å². The Morgan fingerprint density at radius 3 is 2.36 bits per heavy atom. The first-order valence-electron chi connectivity index (χ1n) is 7.77. The lowest BCUT2D eigenvalue weighted by atomic mass is 10.2. The van der Waals surface area contributed by atoms with Crippen molar-refractivity contribution in [2.45, 2.75) is 32.4 Å². The van der Waals surface area contributed by atoms with E-state index in [1.807, 2.05) is 40.6 Å². The van der Waals surface area contributed by atoms with E-state index in [1.165, 1.54) is 25.7 Å². The Hall–Kier alpha value is -1.17. The molecule has 1 aliphatic heterocycles. The summed E-state index contributed by atoms with van der Waals surface area (Å²) in [6.07, 6.45) is 5.20.